The van der Waals surface area contributed by atoms with Crippen LogP contribution in [0.15, 0.2) is 24.3 Å². The molecule has 0 saturated carbocycles. The van der Waals surface area contributed by atoms with E-state index in [0.29, 0.717) is 12.0 Å². The van der Waals surface area contributed by atoms with E-state index < -0.39 is 0 Å². The van der Waals surface area contributed by atoms with Gasteiger partial charge in [0, 0.05) is 6.04 Å². The average molecular weight is 175 g/mol. The summed E-state index contributed by atoms with van der Waals surface area (Å²) in [7, 11) is 0. The molecule has 70 valence electrons. The summed E-state index contributed by atoms with van der Waals surface area (Å²) < 4.78 is 0. The lowest BCUT2D eigenvalue weighted by Gasteiger charge is -2.27. The summed E-state index contributed by atoms with van der Waals surface area (Å²) in [5.74, 6) is 0.690. The van der Waals surface area contributed by atoms with Crippen LogP contribution in [-0.4, -0.2) is 6.04 Å². The van der Waals surface area contributed by atoms with Crippen molar-refractivity contribution < 1.29 is 0 Å². The molecule has 1 nitrogen and oxygen atoms in total. The number of aryl methyl sites for hydroxylation is 1. The number of hydrogen-bond donors (Lipinski definition) is 1. The standard InChI is InChI=1S/C12H17N/c1-9(13)11-7-6-10-4-2-3-5-12(10)8-11/h2-5,9,11H,6-8,13H2,1H3/t9-,11?/m0/s1. The Hall–Kier alpha value is -0.820. The van der Waals surface area contributed by atoms with Crippen LogP contribution in [0.3, 0.4) is 0 Å². The maximum Gasteiger partial charge on any atom is 0.00420 e. The molecule has 0 amide bonds. The lowest BCUT2D eigenvalue weighted by atomic mass is 9.81. The second-order valence-corrected chi connectivity index (χ2v) is 4.13. The molecule has 2 rings (SSSR count). The monoisotopic (exact) mass is 175 g/mol. The number of nitrogens with two attached hydrogens (primary N) is 1. The van der Waals surface area contributed by atoms with Gasteiger partial charge >= 0.3 is 0 Å². The van der Waals surface area contributed by atoms with Crippen molar-refractivity contribution >= 4 is 0 Å². The van der Waals surface area contributed by atoms with E-state index in [4.69, 9.17) is 5.73 Å². The number of fused-ring (bicyclic) bond motifs is 1. The fourth-order valence-corrected chi connectivity index (χ4v) is 2.17. The van der Waals surface area contributed by atoms with Gasteiger partial charge in [-0.05, 0) is 43.2 Å². The molecule has 0 bridgehead atoms. The van der Waals surface area contributed by atoms with Gasteiger partial charge in [-0.1, -0.05) is 24.3 Å². The van der Waals surface area contributed by atoms with Crippen LogP contribution < -0.4 is 5.73 Å². The first-order valence-electron chi connectivity index (χ1n) is 5.09. The van der Waals surface area contributed by atoms with Crippen LogP contribution in [0.1, 0.15) is 24.5 Å². The topological polar surface area (TPSA) is 26.0 Å². The first kappa shape index (κ1) is 8.76. The van der Waals surface area contributed by atoms with Gasteiger partial charge in [0.05, 0.1) is 0 Å². The Morgan fingerprint density at radius 2 is 2.00 bits per heavy atom. The highest BCUT2D eigenvalue weighted by Gasteiger charge is 2.20. The number of hydrogen-bond acceptors (Lipinski definition) is 1. The minimum atomic E-state index is 0.341. The van der Waals surface area contributed by atoms with Gasteiger partial charge in [-0.2, -0.15) is 0 Å². The number of rotatable bonds is 1. The molecule has 0 fully saturated rings. The third kappa shape index (κ3) is 1.75. The SMILES string of the molecule is C[C@H](N)C1CCc2ccccc2C1. The molecule has 0 aromatic heterocycles. The zero-order chi connectivity index (χ0) is 9.26. The molecule has 1 aliphatic carbocycles. The molecule has 1 heteroatoms. The largest absolute Gasteiger partial charge is 0.328 e. The molecule has 0 aliphatic heterocycles. The van der Waals surface area contributed by atoms with Crippen molar-refractivity contribution in [2.75, 3.05) is 0 Å². The van der Waals surface area contributed by atoms with Gasteiger partial charge in [-0.25, -0.2) is 0 Å². The van der Waals surface area contributed by atoms with Crippen molar-refractivity contribution in [1.82, 2.24) is 0 Å². The van der Waals surface area contributed by atoms with Gasteiger partial charge in [0.15, 0.2) is 0 Å². The van der Waals surface area contributed by atoms with E-state index in [1.165, 1.54) is 30.4 Å². The molecular weight excluding hydrogens is 158 g/mol. The van der Waals surface area contributed by atoms with E-state index in [-0.39, 0.29) is 0 Å². The average Bonchev–Trinajstić information content (AvgIpc) is 2.17. The minimum Gasteiger partial charge on any atom is -0.328 e. The van der Waals surface area contributed by atoms with Crippen molar-refractivity contribution in [1.29, 1.82) is 0 Å². The molecule has 13 heavy (non-hydrogen) atoms. The maximum absolute atomic E-state index is 5.92. The van der Waals surface area contributed by atoms with E-state index in [2.05, 4.69) is 31.2 Å². The van der Waals surface area contributed by atoms with Crippen LogP contribution in [0.25, 0.3) is 0 Å². The molecule has 0 heterocycles. The molecular formula is C12H17N. The summed E-state index contributed by atoms with van der Waals surface area (Å²) in [6.07, 6.45) is 3.64. The van der Waals surface area contributed by atoms with Gasteiger partial charge in [0.25, 0.3) is 0 Å². The second kappa shape index (κ2) is 3.51. The smallest absolute Gasteiger partial charge is 0.00420 e. The van der Waals surface area contributed by atoms with Crippen molar-refractivity contribution in [2.45, 2.75) is 32.2 Å². The predicted molar refractivity (Wildman–Crippen MR) is 55.6 cm³/mol. The summed E-state index contributed by atoms with van der Waals surface area (Å²) in [5.41, 5.74) is 8.96. The highest BCUT2D eigenvalue weighted by atomic mass is 14.6. The van der Waals surface area contributed by atoms with E-state index >= 15 is 0 Å². The summed E-state index contributed by atoms with van der Waals surface area (Å²) in [6.45, 7) is 2.12. The minimum absolute atomic E-state index is 0.341. The Morgan fingerprint density at radius 1 is 1.31 bits per heavy atom. The van der Waals surface area contributed by atoms with Gasteiger partial charge < -0.3 is 5.73 Å². The Kier molecular flexibility index (Phi) is 2.36. The van der Waals surface area contributed by atoms with Gasteiger partial charge in [-0.3, -0.25) is 0 Å². The van der Waals surface area contributed by atoms with Crippen LogP contribution >= 0.6 is 0 Å². The van der Waals surface area contributed by atoms with Crippen LogP contribution in [0, 0.1) is 5.92 Å². The molecule has 0 saturated heterocycles. The molecule has 1 unspecified atom stereocenters. The molecule has 1 aliphatic rings. The van der Waals surface area contributed by atoms with Crippen molar-refractivity contribution in [2.24, 2.45) is 11.7 Å². The fourth-order valence-electron chi connectivity index (χ4n) is 2.17. The zero-order valence-electron chi connectivity index (χ0n) is 8.16. The van der Waals surface area contributed by atoms with Gasteiger partial charge in [0.2, 0.25) is 0 Å². The Balaban J connectivity index is 2.20. The molecule has 0 spiro atoms. The fraction of sp³-hybridized carbons (Fsp3) is 0.500. The van der Waals surface area contributed by atoms with Crippen LogP contribution in [-0.2, 0) is 12.8 Å². The molecule has 1 aromatic rings. The first-order valence-corrected chi connectivity index (χ1v) is 5.09. The van der Waals surface area contributed by atoms with E-state index in [1.807, 2.05) is 0 Å². The third-order valence-electron chi connectivity index (χ3n) is 3.13. The van der Waals surface area contributed by atoms with Crippen molar-refractivity contribution in [3.05, 3.63) is 35.4 Å². The van der Waals surface area contributed by atoms with Crippen LogP contribution in [0.4, 0.5) is 0 Å². The highest BCUT2D eigenvalue weighted by Crippen LogP contribution is 2.26. The maximum atomic E-state index is 5.92. The second-order valence-electron chi connectivity index (χ2n) is 4.13. The summed E-state index contributed by atoms with van der Waals surface area (Å²) >= 11 is 0. The Morgan fingerprint density at radius 3 is 2.69 bits per heavy atom. The zero-order valence-corrected chi connectivity index (χ0v) is 8.16. The van der Waals surface area contributed by atoms with Gasteiger partial charge in [0.1, 0.15) is 0 Å². The van der Waals surface area contributed by atoms with E-state index in [9.17, 15) is 0 Å². The normalized spacial score (nSPS) is 23.7. The molecule has 0 radical (unpaired) electrons. The summed E-state index contributed by atoms with van der Waals surface area (Å²) in [6, 6.07) is 9.08. The summed E-state index contributed by atoms with van der Waals surface area (Å²) in [4.78, 5) is 0. The van der Waals surface area contributed by atoms with Crippen LogP contribution in [0.2, 0.25) is 0 Å². The molecule has 2 atom stereocenters. The lowest BCUT2D eigenvalue weighted by molar-refractivity contribution is 0.393. The third-order valence-corrected chi connectivity index (χ3v) is 3.13. The van der Waals surface area contributed by atoms with Crippen molar-refractivity contribution in [3.63, 3.8) is 0 Å². The summed E-state index contributed by atoms with van der Waals surface area (Å²) in [5, 5.41) is 0. The lowest BCUT2D eigenvalue weighted by Crippen LogP contribution is -2.31. The first-order chi connectivity index (χ1) is 6.27. The predicted octanol–water partition coefficient (Wildman–Crippen LogP) is 2.14. The van der Waals surface area contributed by atoms with E-state index in [0.717, 1.165) is 0 Å². The Bertz CT molecular complexity index is 291. The molecule has 1 aromatic carbocycles. The van der Waals surface area contributed by atoms with Crippen molar-refractivity contribution in [3.8, 4) is 0 Å². The highest BCUT2D eigenvalue weighted by molar-refractivity contribution is 5.29. The van der Waals surface area contributed by atoms with E-state index in [1.54, 1.807) is 0 Å². The Labute approximate surface area is 80.0 Å². The van der Waals surface area contributed by atoms with Crippen LogP contribution in [0.5, 0.6) is 0 Å². The number of benzene rings is 1. The van der Waals surface area contributed by atoms with Gasteiger partial charge in [-0.15, -0.1) is 0 Å². The molecule has 2 N–H and O–H groups in total. The quantitative estimate of drug-likeness (QED) is 0.695.